The van der Waals surface area contributed by atoms with Crippen LogP contribution in [0.1, 0.15) is 39.0 Å². The fourth-order valence-corrected chi connectivity index (χ4v) is 4.65. The van der Waals surface area contributed by atoms with Gasteiger partial charge in [0.2, 0.25) is 11.8 Å². The summed E-state index contributed by atoms with van der Waals surface area (Å²) in [5.74, 6) is -1.52. The summed E-state index contributed by atoms with van der Waals surface area (Å²) in [4.78, 5) is 27.2. The number of carbonyl (C=O) groups is 2. The van der Waals surface area contributed by atoms with E-state index in [-0.39, 0.29) is 24.3 Å². The van der Waals surface area contributed by atoms with Crippen molar-refractivity contribution < 1.29 is 19.8 Å². The molecule has 4 bridgehead atoms. The molecule has 6 atom stereocenters. The predicted octanol–water partition coefficient (Wildman–Crippen LogP) is 0.190. The lowest BCUT2D eigenvalue weighted by atomic mass is 9.62. The zero-order valence-electron chi connectivity index (χ0n) is 13.6. The van der Waals surface area contributed by atoms with Gasteiger partial charge in [-0.1, -0.05) is 19.4 Å². The zero-order chi connectivity index (χ0) is 16.8. The Kier molecular flexibility index (Phi) is 4.23. The van der Waals surface area contributed by atoms with E-state index in [1.54, 1.807) is 11.0 Å². The molecule has 5 saturated heterocycles. The number of rotatable bonds is 5. The van der Waals surface area contributed by atoms with Gasteiger partial charge in [-0.15, -0.1) is 6.58 Å². The van der Waals surface area contributed by atoms with E-state index in [1.165, 1.54) is 0 Å². The van der Waals surface area contributed by atoms with Crippen LogP contribution in [0.25, 0.3) is 0 Å². The summed E-state index contributed by atoms with van der Waals surface area (Å²) in [5.41, 5.74) is -1.55. The quantitative estimate of drug-likeness (QED) is 0.630. The first-order valence-corrected chi connectivity index (χ1v) is 8.58. The van der Waals surface area contributed by atoms with Crippen LogP contribution in [-0.2, 0) is 9.59 Å². The first kappa shape index (κ1) is 16.5. The van der Waals surface area contributed by atoms with Crippen molar-refractivity contribution in [2.75, 3.05) is 6.54 Å². The minimum absolute atomic E-state index is 0.00408. The topological polar surface area (TPSA) is 89.9 Å². The van der Waals surface area contributed by atoms with Crippen molar-refractivity contribution in [1.29, 1.82) is 0 Å². The highest BCUT2D eigenvalue weighted by Crippen LogP contribution is 2.46. The van der Waals surface area contributed by atoms with Gasteiger partial charge in [0, 0.05) is 12.6 Å². The maximum Gasteiger partial charge on any atom is 0.228 e. The van der Waals surface area contributed by atoms with Crippen LogP contribution >= 0.6 is 0 Å². The van der Waals surface area contributed by atoms with Gasteiger partial charge in [0.15, 0.2) is 0 Å². The van der Waals surface area contributed by atoms with Gasteiger partial charge in [0.05, 0.1) is 17.9 Å². The van der Waals surface area contributed by atoms with Gasteiger partial charge in [0.1, 0.15) is 11.7 Å². The standard InChI is InChI=1S/C17H26N2O4/c1-3-5-9-19-11-7-6-10(16(19)22)13-14(20)17(23,8-4-2)12(11)15(21)18-13/h4,10-14,20,23H,2-3,5-9H2,1H3,(H,18,21)/t10-,11+,12+,13+,14+,17+/m1/s1. The van der Waals surface area contributed by atoms with Crippen molar-refractivity contribution in [2.45, 2.75) is 62.8 Å². The Bertz CT molecular complexity index is 523. The summed E-state index contributed by atoms with van der Waals surface area (Å²) in [7, 11) is 0. The van der Waals surface area contributed by atoms with Crippen LogP contribution in [0.2, 0.25) is 0 Å². The van der Waals surface area contributed by atoms with Crippen molar-refractivity contribution in [3.8, 4) is 0 Å². The smallest absolute Gasteiger partial charge is 0.228 e. The maximum absolute atomic E-state index is 12.8. The van der Waals surface area contributed by atoms with E-state index in [1.807, 2.05) is 0 Å². The molecule has 0 spiro atoms. The number of hydrogen-bond donors (Lipinski definition) is 3. The zero-order valence-corrected chi connectivity index (χ0v) is 13.6. The van der Waals surface area contributed by atoms with E-state index in [0.717, 1.165) is 12.8 Å². The summed E-state index contributed by atoms with van der Waals surface area (Å²) in [5, 5.41) is 24.6. The molecule has 6 aliphatic rings. The first-order valence-electron chi connectivity index (χ1n) is 8.58. The third-order valence-corrected chi connectivity index (χ3v) is 5.80. The molecule has 2 amide bonds. The molecule has 6 fully saturated rings. The Morgan fingerprint density at radius 1 is 1.43 bits per heavy atom. The van der Waals surface area contributed by atoms with Crippen LogP contribution in [0, 0.1) is 11.8 Å². The summed E-state index contributed by atoms with van der Waals surface area (Å²) in [6, 6.07) is -1.08. The van der Waals surface area contributed by atoms with Gasteiger partial charge in [-0.2, -0.15) is 0 Å². The Hall–Kier alpha value is -1.40. The van der Waals surface area contributed by atoms with Crippen LogP contribution in [0.5, 0.6) is 0 Å². The Balaban J connectivity index is 2.05. The van der Waals surface area contributed by atoms with E-state index in [9.17, 15) is 19.8 Å². The molecule has 0 aromatic heterocycles. The second-order valence-electron chi connectivity index (χ2n) is 7.08. The highest BCUT2D eigenvalue weighted by atomic mass is 16.3. The predicted molar refractivity (Wildman–Crippen MR) is 84.3 cm³/mol. The summed E-state index contributed by atoms with van der Waals surface area (Å²) < 4.78 is 0. The number of aliphatic hydroxyl groups is 2. The molecular formula is C17H26N2O4. The van der Waals surface area contributed by atoms with Gasteiger partial charge < -0.3 is 20.4 Å². The summed E-state index contributed by atoms with van der Waals surface area (Å²) >= 11 is 0. The molecule has 1 aliphatic carbocycles. The third-order valence-electron chi connectivity index (χ3n) is 5.80. The van der Waals surface area contributed by atoms with E-state index < -0.39 is 29.6 Å². The van der Waals surface area contributed by atoms with Crippen LogP contribution in [0.3, 0.4) is 0 Å². The molecule has 5 aliphatic heterocycles. The lowest BCUT2D eigenvalue weighted by Gasteiger charge is -2.58. The number of hydrogen-bond acceptors (Lipinski definition) is 4. The molecule has 0 aromatic carbocycles. The lowest BCUT2D eigenvalue weighted by Crippen LogP contribution is -2.77. The van der Waals surface area contributed by atoms with Crippen molar-refractivity contribution in [3.63, 3.8) is 0 Å². The Labute approximate surface area is 136 Å². The maximum atomic E-state index is 12.8. The summed E-state index contributed by atoms with van der Waals surface area (Å²) in [6.07, 6.45) is 3.71. The van der Waals surface area contributed by atoms with Crippen LogP contribution in [0.15, 0.2) is 12.7 Å². The number of piperidine rings is 2. The largest absolute Gasteiger partial charge is 0.388 e. The van der Waals surface area contributed by atoms with Gasteiger partial charge in [-0.3, -0.25) is 9.59 Å². The average molecular weight is 322 g/mol. The van der Waals surface area contributed by atoms with Crippen LogP contribution in [-0.4, -0.2) is 57.3 Å². The average Bonchev–Trinajstić information content (AvgIpc) is 2.49. The number of carbonyl (C=O) groups excluding carboxylic acids is 2. The van der Waals surface area contributed by atoms with Gasteiger partial charge in [-0.25, -0.2) is 0 Å². The van der Waals surface area contributed by atoms with Gasteiger partial charge in [-0.05, 0) is 25.7 Å². The fraction of sp³-hybridized carbons (Fsp3) is 0.765. The van der Waals surface area contributed by atoms with Crippen molar-refractivity contribution in [1.82, 2.24) is 10.2 Å². The molecule has 3 N–H and O–H groups in total. The van der Waals surface area contributed by atoms with Crippen LogP contribution < -0.4 is 5.32 Å². The molecular weight excluding hydrogens is 296 g/mol. The van der Waals surface area contributed by atoms with E-state index in [2.05, 4.69) is 18.8 Å². The summed E-state index contributed by atoms with van der Waals surface area (Å²) in [6.45, 7) is 6.32. The Morgan fingerprint density at radius 2 is 2.17 bits per heavy atom. The number of nitrogens with zero attached hydrogens (tertiary/aromatic N) is 1. The molecule has 1 saturated carbocycles. The van der Waals surface area contributed by atoms with Gasteiger partial charge >= 0.3 is 0 Å². The number of amides is 2. The second kappa shape index (κ2) is 5.91. The third kappa shape index (κ3) is 2.31. The highest BCUT2D eigenvalue weighted by molar-refractivity contribution is 5.89. The monoisotopic (exact) mass is 322 g/mol. The molecule has 6 nitrogen and oxygen atoms in total. The lowest BCUT2D eigenvalue weighted by molar-refractivity contribution is -0.203. The number of unbranched alkanes of at least 4 members (excludes halogenated alkanes) is 1. The number of aliphatic hydroxyl groups excluding tert-OH is 1. The second-order valence-corrected chi connectivity index (χ2v) is 7.08. The number of nitrogens with one attached hydrogen (secondary N) is 1. The highest BCUT2D eigenvalue weighted by Gasteiger charge is 2.63. The van der Waals surface area contributed by atoms with Crippen molar-refractivity contribution in [3.05, 3.63) is 12.7 Å². The van der Waals surface area contributed by atoms with E-state index in [0.29, 0.717) is 19.4 Å². The molecule has 6 heteroatoms. The molecule has 5 heterocycles. The molecule has 0 radical (unpaired) electrons. The van der Waals surface area contributed by atoms with Crippen molar-refractivity contribution >= 4 is 11.8 Å². The fourth-order valence-electron chi connectivity index (χ4n) is 4.65. The SMILES string of the molecule is C=CC[C@]1(O)[C@@H]2C(=O)N[C@@H]([C@H]3CC[C@@H]2N(CCCC)C3=O)[C@@H]1O. The Morgan fingerprint density at radius 3 is 2.83 bits per heavy atom. The molecule has 128 valence electrons. The molecule has 6 rings (SSSR count). The normalized spacial score (nSPS) is 42.4. The molecule has 0 unspecified atom stereocenters. The van der Waals surface area contributed by atoms with E-state index >= 15 is 0 Å². The van der Waals surface area contributed by atoms with Crippen molar-refractivity contribution in [2.24, 2.45) is 11.8 Å². The molecule has 23 heavy (non-hydrogen) atoms. The van der Waals surface area contributed by atoms with Crippen LogP contribution in [0.4, 0.5) is 0 Å². The molecule has 0 aromatic rings. The first-order chi connectivity index (χ1) is 11.0. The minimum atomic E-state index is -1.55. The van der Waals surface area contributed by atoms with E-state index in [4.69, 9.17) is 0 Å². The van der Waals surface area contributed by atoms with Gasteiger partial charge in [0.25, 0.3) is 0 Å². The minimum Gasteiger partial charge on any atom is -0.388 e.